The fraction of sp³-hybridized carbons (Fsp3) is 0.667. The van der Waals surface area contributed by atoms with E-state index in [-0.39, 0.29) is 0 Å². The Labute approximate surface area is 86.5 Å². The molecule has 3 atom stereocenters. The van der Waals surface area contributed by atoms with Crippen molar-refractivity contribution in [2.75, 3.05) is 0 Å². The predicted molar refractivity (Wildman–Crippen MR) is 48.7 cm³/mol. The number of carbonyl (C=O) groups is 3. The van der Waals surface area contributed by atoms with E-state index in [9.17, 15) is 19.5 Å². The van der Waals surface area contributed by atoms with Crippen LogP contribution < -0.4 is 0 Å². The minimum absolute atomic E-state index is 0.445. The van der Waals surface area contributed by atoms with Crippen molar-refractivity contribution in [2.24, 2.45) is 5.92 Å². The zero-order valence-electron chi connectivity index (χ0n) is 8.51. The van der Waals surface area contributed by atoms with E-state index < -0.39 is 35.8 Å². The third kappa shape index (κ3) is 1.72. The highest BCUT2D eigenvalue weighted by Crippen LogP contribution is 2.31. The lowest BCUT2D eigenvalue weighted by Gasteiger charge is -2.45. The highest BCUT2D eigenvalue weighted by molar-refractivity contribution is 6.35. The van der Waals surface area contributed by atoms with Crippen molar-refractivity contribution in [3.8, 4) is 0 Å². The van der Waals surface area contributed by atoms with E-state index in [2.05, 4.69) is 0 Å². The molecule has 1 saturated heterocycles. The monoisotopic (exact) mass is 215 g/mol. The molecule has 1 heterocycles. The van der Waals surface area contributed by atoms with E-state index in [0.717, 1.165) is 0 Å². The van der Waals surface area contributed by atoms with Crippen LogP contribution >= 0.6 is 0 Å². The van der Waals surface area contributed by atoms with Crippen molar-refractivity contribution >= 4 is 17.8 Å². The third-order valence-electron chi connectivity index (χ3n) is 2.61. The predicted octanol–water partition coefficient (Wildman–Crippen LogP) is -0.785. The van der Waals surface area contributed by atoms with Gasteiger partial charge in [0.25, 0.3) is 0 Å². The average molecular weight is 215 g/mol. The van der Waals surface area contributed by atoms with Gasteiger partial charge in [-0.25, -0.2) is 4.79 Å². The molecule has 1 rings (SSSR count). The second-order valence-corrected chi connectivity index (χ2v) is 3.56. The van der Waals surface area contributed by atoms with Crippen molar-refractivity contribution < 1.29 is 24.6 Å². The van der Waals surface area contributed by atoms with Crippen LogP contribution in [0.4, 0.5) is 0 Å². The van der Waals surface area contributed by atoms with Crippen molar-refractivity contribution in [3.05, 3.63) is 0 Å². The quantitative estimate of drug-likeness (QED) is 0.465. The lowest BCUT2D eigenvalue weighted by Crippen LogP contribution is -2.66. The summed E-state index contributed by atoms with van der Waals surface area (Å²) in [6.07, 6.45) is -0.416. The SMILES string of the molecule is CC[C@@H]1C(C(C)O)C(=O)N1C(=O)C(=O)O. The molecule has 0 aromatic heterocycles. The summed E-state index contributed by atoms with van der Waals surface area (Å²) >= 11 is 0. The summed E-state index contributed by atoms with van der Waals surface area (Å²) in [5.41, 5.74) is 0. The number of likely N-dealkylation sites (tertiary alicyclic amines) is 1. The number of imide groups is 1. The number of hydrogen-bond acceptors (Lipinski definition) is 4. The number of aliphatic carboxylic acids is 1. The third-order valence-corrected chi connectivity index (χ3v) is 2.61. The molecule has 6 heteroatoms. The molecule has 2 N–H and O–H groups in total. The van der Waals surface area contributed by atoms with Gasteiger partial charge in [0.05, 0.1) is 18.1 Å². The van der Waals surface area contributed by atoms with Crippen molar-refractivity contribution in [1.82, 2.24) is 4.90 Å². The van der Waals surface area contributed by atoms with Crippen molar-refractivity contribution in [3.63, 3.8) is 0 Å². The summed E-state index contributed by atoms with van der Waals surface area (Å²) in [4.78, 5) is 33.6. The number of aliphatic hydroxyl groups is 1. The molecular weight excluding hydrogens is 202 g/mol. The lowest BCUT2D eigenvalue weighted by atomic mass is 9.81. The molecule has 0 aromatic carbocycles. The summed E-state index contributed by atoms with van der Waals surface area (Å²) in [7, 11) is 0. The Morgan fingerprint density at radius 1 is 1.53 bits per heavy atom. The highest BCUT2D eigenvalue weighted by Gasteiger charge is 2.52. The minimum atomic E-state index is -1.65. The maximum absolute atomic E-state index is 11.4. The number of hydrogen-bond donors (Lipinski definition) is 2. The molecule has 1 fully saturated rings. The Morgan fingerprint density at radius 2 is 2.07 bits per heavy atom. The molecule has 1 aliphatic heterocycles. The Bertz CT molecular complexity index is 312. The molecule has 0 saturated carbocycles. The molecular formula is C9H13NO5. The molecule has 2 amide bonds. The number of amides is 2. The molecule has 0 radical (unpaired) electrons. The van der Waals surface area contributed by atoms with Gasteiger partial charge in [-0.15, -0.1) is 0 Å². The zero-order valence-corrected chi connectivity index (χ0v) is 8.51. The van der Waals surface area contributed by atoms with Crippen LogP contribution in [-0.2, 0) is 14.4 Å². The average Bonchev–Trinajstić information content (AvgIpc) is 2.12. The van der Waals surface area contributed by atoms with Crippen LogP contribution in [0.3, 0.4) is 0 Å². The van der Waals surface area contributed by atoms with E-state index in [1.807, 2.05) is 0 Å². The summed E-state index contributed by atoms with van der Waals surface area (Å²) in [6, 6.07) is -0.499. The smallest absolute Gasteiger partial charge is 0.395 e. The first-order valence-electron chi connectivity index (χ1n) is 4.70. The first-order valence-corrected chi connectivity index (χ1v) is 4.70. The lowest BCUT2D eigenvalue weighted by molar-refractivity contribution is -0.178. The molecule has 84 valence electrons. The molecule has 0 spiro atoms. The van der Waals surface area contributed by atoms with Crippen molar-refractivity contribution in [2.45, 2.75) is 32.4 Å². The van der Waals surface area contributed by atoms with Crippen LogP contribution in [0.5, 0.6) is 0 Å². The van der Waals surface area contributed by atoms with Gasteiger partial charge < -0.3 is 10.2 Å². The van der Waals surface area contributed by atoms with Gasteiger partial charge in [-0.3, -0.25) is 14.5 Å². The Morgan fingerprint density at radius 3 is 2.40 bits per heavy atom. The van der Waals surface area contributed by atoms with Crippen LogP contribution in [0.25, 0.3) is 0 Å². The summed E-state index contributed by atoms with van der Waals surface area (Å²) in [6.45, 7) is 3.18. The maximum Gasteiger partial charge on any atom is 0.395 e. The Kier molecular flexibility index (Phi) is 3.09. The molecule has 2 unspecified atom stereocenters. The maximum atomic E-state index is 11.4. The topological polar surface area (TPSA) is 94.9 Å². The number of β-lactam (4-membered cyclic amide) rings is 1. The number of aliphatic hydroxyl groups excluding tert-OH is 1. The van der Waals surface area contributed by atoms with Gasteiger partial charge in [-0.2, -0.15) is 0 Å². The van der Waals surface area contributed by atoms with E-state index in [1.54, 1.807) is 6.92 Å². The number of nitrogens with zero attached hydrogens (tertiary/aromatic N) is 1. The second-order valence-electron chi connectivity index (χ2n) is 3.56. The molecule has 0 aliphatic carbocycles. The van der Waals surface area contributed by atoms with Gasteiger partial charge >= 0.3 is 11.9 Å². The van der Waals surface area contributed by atoms with Gasteiger partial charge in [0.2, 0.25) is 5.91 Å². The minimum Gasteiger partial charge on any atom is -0.474 e. The molecule has 1 aliphatic rings. The Hall–Kier alpha value is -1.43. The first-order chi connectivity index (χ1) is 6.91. The van der Waals surface area contributed by atoms with E-state index in [4.69, 9.17) is 5.11 Å². The summed E-state index contributed by atoms with van der Waals surface area (Å²) in [5.74, 6) is -4.13. The van der Waals surface area contributed by atoms with Gasteiger partial charge in [-0.05, 0) is 13.3 Å². The van der Waals surface area contributed by atoms with Gasteiger partial charge in [0.1, 0.15) is 0 Å². The van der Waals surface area contributed by atoms with Crippen LogP contribution in [0.15, 0.2) is 0 Å². The number of rotatable bonds is 2. The number of carboxylic acid groups (broad SMARTS) is 1. The van der Waals surface area contributed by atoms with Crippen LogP contribution in [-0.4, -0.2) is 45.0 Å². The fourth-order valence-electron chi connectivity index (χ4n) is 1.89. The summed E-state index contributed by atoms with van der Waals surface area (Å²) < 4.78 is 0. The van der Waals surface area contributed by atoms with Gasteiger partial charge in [0, 0.05) is 0 Å². The van der Waals surface area contributed by atoms with Crippen LogP contribution in [0.2, 0.25) is 0 Å². The van der Waals surface area contributed by atoms with Crippen molar-refractivity contribution in [1.29, 1.82) is 0 Å². The zero-order chi connectivity index (χ0) is 11.7. The normalized spacial score (nSPS) is 27.1. The standard InChI is InChI=1S/C9H13NO5/c1-3-5-6(4(2)11)7(12)10(5)8(13)9(14)15/h4-6,11H,3H2,1-2H3,(H,14,15)/t4?,5-,6?/m1/s1. The highest BCUT2D eigenvalue weighted by atomic mass is 16.4. The van der Waals surface area contributed by atoms with E-state index in [0.29, 0.717) is 11.3 Å². The van der Waals surface area contributed by atoms with E-state index in [1.165, 1.54) is 6.92 Å². The van der Waals surface area contributed by atoms with Gasteiger partial charge in [-0.1, -0.05) is 6.92 Å². The van der Waals surface area contributed by atoms with Gasteiger partial charge in [0.15, 0.2) is 0 Å². The van der Waals surface area contributed by atoms with Crippen LogP contribution in [0.1, 0.15) is 20.3 Å². The number of carboxylic acids is 1. The fourth-order valence-corrected chi connectivity index (χ4v) is 1.89. The van der Waals surface area contributed by atoms with E-state index >= 15 is 0 Å². The summed E-state index contributed by atoms with van der Waals surface area (Å²) in [5, 5.41) is 17.7. The molecule has 6 nitrogen and oxygen atoms in total. The Balaban J connectivity index is 2.83. The first kappa shape index (κ1) is 11.6. The molecule has 15 heavy (non-hydrogen) atoms. The molecule has 0 bridgehead atoms. The number of carbonyl (C=O) groups excluding carboxylic acids is 2. The van der Waals surface area contributed by atoms with Crippen LogP contribution in [0, 0.1) is 5.92 Å². The molecule has 0 aromatic rings. The second kappa shape index (κ2) is 3.98. The largest absolute Gasteiger partial charge is 0.474 e.